The van der Waals surface area contributed by atoms with Gasteiger partial charge in [-0.15, -0.1) is 0 Å². The van der Waals surface area contributed by atoms with Crippen LogP contribution in [-0.4, -0.2) is 36.4 Å². The molecule has 4 unspecified atom stereocenters. The molecule has 5 heteroatoms. The molecule has 3 N–H and O–H groups in total. The van der Waals surface area contributed by atoms with E-state index in [2.05, 4.69) is 10.6 Å². The van der Waals surface area contributed by atoms with Crippen molar-refractivity contribution in [1.29, 1.82) is 0 Å². The van der Waals surface area contributed by atoms with Crippen molar-refractivity contribution in [2.24, 2.45) is 0 Å². The summed E-state index contributed by atoms with van der Waals surface area (Å²) in [5.74, 6) is 0. The van der Waals surface area contributed by atoms with Gasteiger partial charge in [0.1, 0.15) is 0 Å². The molecule has 128 valence electrons. The number of aliphatic hydroxyl groups is 1. The first-order valence-corrected chi connectivity index (χ1v) is 8.43. The lowest BCUT2D eigenvalue weighted by Crippen LogP contribution is -2.51. The average Bonchev–Trinajstić information content (AvgIpc) is 2.55. The van der Waals surface area contributed by atoms with Gasteiger partial charge in [0, 0.05) is 13.2 Å². The minimum Gasteiger partial charge on any atom is -0.388 e. The van der Waals surface area contributed by atoms with Crippen molar-refractivity contribution in [3.8, 4) is 0 Å². The van der Waals surface area contributed by atoms with Crippen LogP contribution in [0.15, 0.2) is 30.3 Å². The summed E-state index contributed by atoms with van der Waals surface area (Å²) < 4.78 is 5.45. The summed E-state index contributed by atoms with van der Waals surface area (Å²) in [6, 6.07) is 9.27. The molecule has 0 saturated heterocycles. The number of nitrogens with one attached hydrogen (secondary N) is 2. The zero-order valence-corrected chi connectivity index (χ0v) is 14.0. The number of hydrogen-bond acceptors (Lipinski definition) is 3. The highest BCUT2D eigenvalue weighted by Crippen LogP contribution is 2.21. The summed E-state index contributed by atoms with van der Waals surface area (Å²) in [4.78, 5) is 12.1. The van der Waals surface area contributed by atoms with E-state index in [1.807, 2.05) is 37.3 Å². The lowest BCUT2D eigenvalue weighted by molar-refractivity contribution is 0.0449. The van der Waals surface area contributed by atoms with Crippen LogP contribution in [0.4, 0.5) is 4.79 Å². The first kappa shape index (κ1) is 17.8. The Bertz CT molecular complexity index is 480. The van der Waals surface area contributed by atoms with E-state index in [1.54, 1.807) is 7.11 Å². The highest BCUT2D eigenvalue weighted by Gasteiger charge is 2.26. The molecule has 2 rings (SSSR count). The molecule has 2 amide bonds. The standard InChI is InChI=1S/C18H28N2O3/c1-13(12-16(21)14-8-4-3-5-9-14)19-18(22)20-15-10-6-7-11-17(15)23-2/h3-5,8-9,13,15-17,21H,6-7,10-12H2,1-2H3,(H2,19,20,22). The number of ether oxygens (including phenoxy) is 1. The van der Waals surface area contributed by atoms with Gasteiger partial charge < -0.3 is 20.5 Å². The molecule has 23 heavy (non-hydrogen) atoms. The van der Waals surface area contributed by atoms with Gasteiger partial charge in [0.2, 0.25) is 0 Å². The van der Waals surface area contributed by atoms with Crippen molar-refractivity contribution in [3.63, 3.8) is 0 Å². The van der Waals surface area contributed by atoms with Crippen LogP contribution in [0.5, 0.6) is 0 Å². The number of hydrogen-bond donors (Lipinski definition) is 3. The van der Waals surface area contributed by atoms with Crippen molar-refractivity contribution in [2.75, 3.05) is 7.11 Å². The number of carbonyl (C=O) groups excluding carboxylic acids is 1. The number of methoxy groups -OCH3 is 1. The van der Waals surface area contributed by atoms with Gasteiger partial charge in [0.25, 0.3) is 0 Å². The first-order chi connectivity index (χ1) is 11.1. The van der Waals surface area contributed by atoms with E-state index in [0.717, 1.165) is 31.2 Å². The Morgan fingerprint density at radius 2 is 2.00 bits per heavy atom. The molecule has 0 radical (unpaired) electrons. The maximum Gasteiger partial charge on any atom is 0.315 e. The Balaban J connectivity index is 1.78. The largest absolute Gasteiger partial charge is 0.388 e. The maximum absolute atomic E-state index is 12.1. The smallest absolute Gasteiger partial charge is 0.315 e. The summed E-state index contributed by atoms with van der Waals surface area (Å²) in [7, 11) is 1.70. The summed E-state index contributed by atoms with van der Waals surface area (Å²) in [6.07, 6.45) is 4.21. The van der Waals surface area contributed by atoms with E-state index in [4.69, 9.17) is 4.74 Å². The Morgan fingerprint density at radius 1 is 1.30 bits per heavy atom. The van der Waals surface area contributed by atoms with Crippen LogP contribution in [0.1, 0.15) is 50.7 Å². The lowest BCUT2D eigenvalue weighted by Gasteiger charge is -2.31. The summed E-state index contributed by atoms with van der Waals surface area (Å²) in [5.41, 5.74) is 0.869. The van der Waals surface area contributed by atoms with Gasteiger partial charge >= 0.3 is 6.03 Å². The van der Waals surface area contributed by atoms with Crippen molar-refractivity contribution in [2.45, 2.75) is 63.3 Å². The average molecular weight is 320 g/mol. The zero-order valence-electron chi connectivity index (χ0n) is 14.0. The number of rotatable bonds is 6. The number of carbonyl (C=O) groups is 1. The van der Waals surface area contributed by atoms with Gasteiger partial charge in [0.05, 0.1) is 18.2 Å². The van der Waals surface area contributed by atoms with Crippen molar-refractivity contribution >= 4 is 6.03 Å². The third-order valence-corrected chi connectivity index (χ3v) is 4.46. The monoisotopic (exact) mass is 320 g/mol. The van der Waals surface area contributed by atoms with Gasteiger partial charge in [-0.25, -0.2) is 4.79 Å². The molecule has 1 saturated carbocycles. The Labute approximate surface area is 138 Å². The van der Waals surface area contributed by atoms with E-state index in [1.165, 1.54) is 0 Å². The minimum atomic E-state index is -0.576. The van der Waals surface area contributed by atoms with E-state index in [0.29, 0.717) is 6.42 Å². The maximum atomic E-state index is 12.1. The fourth-order valence-electron chi connectivity index (χ4n) is 3.18. The van der Waals surface area contributed by atoms with Crippen LogP contribution < -0.4 is 10.6 Å². The topological polar surface area (TPSA) is 70.6 Å². The fourth-order valence-corrected chi connectivity index (χ4v) is 3.18. The molecule has 0 aliphatic heterocycles. The van der Waals surface area contributed by atoms with Gasteiger partial charge in [-0.05, 0) is 31.7 Å². The summed E-state index contributed by atoms with van der Waals surface area (Å²) >= 11 is 0. The van der Waals surface area contributed by atoms with E-state index in [-0.39, 0.29) is 24.2 Å². The minimum absolute atomic E-state index is 0.0694. The predicted molar refractivity (Wildman–Crippen MR) is 90.2 cm³/mol. The third kappa shape index (κ3) is 5.52. The number of benzene rings is 1. The zero-order chi connectivity index (χ0) is 16.7. The number of aliphatic hydroxyl groups excluding tert-OH is 1. The quantitative estimate of drug-likeness (QED) is 0.755. The Morgan fingerprint density at radius 3 is 2.70 bits per heavy atom. The lowest BCUT2D eigenvalue weighted by atomic mass is 9.92. The molecule has 5 nitrogen and oxygen atoms in total. The summed E-state index contributed by atoms with van der Waals surface area (Å²) in [6.45, 7) is 1.90. The molecule has 1 fully saturated rings. The molecular formula is C18H28N2O3. The first-order valence-electron chi connectivity index (χ1n) is 8.43. The molecule has 0 bridgehead atoms. The van der Waals surface area contributed by atoms with Crippen molar-refractivity contribution in [3.05, 3.63) is 35.9 Å². The second-order valence-electron chi connectivity index (χ2n) is 6.35. The number of amides is 2. The van der Waals surface area contributed by atoms with Crippen LogP contribution in [-0.2, 0) is 4.74 Å². The molecule has 4 atom stereocenters. The second-order valence-corrected chi connectivity index (χ2v) is 6.35. The van der Waals surface area contributed by atoms with Gasteiger partial charge in [-0.1, -0.05) is 43.2 Å². The van der Waals surface area contributed by atoms with Gasteiger partial charge in [-0.2, -0.15) is 0 Å². The molecule has 1 aliphatic rings. The SMILES string of the molecule is COC1CCCCC1NC(=O)NC(C)CC(O)c1ccccc1. The molecule has 1 aliphatic carbocycles. The number of urea groups is 1. The highest BCUT2D eigenvalue weighted by molar-refractivity contribution is 5.74. The fraction of sp³-hybridized carbons (Fsp3) is 0.611. The van der Waals surface area contributed by atoms with Crippen LogP contribution >= 0.6 is 0 Å². The van der Waals surface area contributed by atoms with Crippen LogP contribution in [0.2, 0.25) is 0 Å². The molecular weight excluding hydrogens is 292 g/mol. The van der Waals surface area contributed by atoms with E-state index in [9.17, 15) is 9.90 Å². The molecule has 1 aromatic carbocycles. The van der Waals surface area contributed by atoms with Crippen LogP contribution in [0, 0.1) is 0 Å². The van der Waals surface area contributed by atoms with E-state index < -0.39 is 6.10 Å². The molecule has 0 spiro atoms. The van der Waals surface area contributed by atoms with Gasteiger partial charge in [0.15, 0.2) is 0 Å². The molecule has 0 aromatic heterocycles. The van der Waals surface area contributed by atoms with E-state index >= 15 is 0 Å². The van der Waals surface area contributed by atoms with Gasteiger partial charge in [-0.3, -0.25) is 0 Å². The highest BCUT2D eigenvalue weighted by atomic mass is 16.5. The van der Waals surface area contributed by atoms with Crippen LogP contribution in [0.25, 0.3) is 0 Å². The van der Waals surface area contributed by atoms with Crippen LogP contribution in [0.3, 0.4) is 0 Å². The predicted octanol–water partition coefficient (Wildman–Crippen LogP) is 2.76. The Hall–Kier alpha value is -1.59. The van der Waals surface area contributed by atoms with Crippen molar-refractivity contribution < 1.29 is 14.6 Å². The van der Waals surface area contributed by atoms with Crippen molar-refractivity contribution in [1.82, 2.24) is 10.6 Å². The summed E-state index contributed by atoms with van der Waals surface area (Å²) in [5, 5.41) is 16.1. The Kier molecular flexibility index (Phi) is 6.86. The molecule has 1 aromatic rings. The normalized spacial score (nSPS) is 23.8. The second kappa shape index (κ2) is 8.89. The third-order valence-electron chi connectivity index (χ3n) is 4.46. The molecule has 0 heterocycles.